The molecule has 1 heterocycles. The molecule has 0 amide bonds. The molecule has 1 aliphatic heterocycles. The zero-order valence-electron chi connectivity index (χ0n) is 14.5. The van der Waals surface area contributed by atoms with Gasteiger partial charge in [0.1, 0.15) is 12.2 Å². The normalized spacial score (nSPS) is 35.5. The third kappa shape index (κ3) is 2.83. The zero-order chi connectivity index (χ0) is 17.6. The van der Waals surface area contributed by atoms with E-state index in [1.54, 1.807) is 0 Å². The number of fused-ring (bicyclic) bond motifs is 3. The number of hydrogen-bond donors (Lipinski definition) is 0. The summed E-state index contributed by atoms with van der Waals surface area (Å²) in [5.41, 5.74) is 2.56. The van der Waals surface area contributed by atoms with Crippen LogP contribution in [0.4, 0.5) is 0 Å². The average molecular weight is 330 g/mol. The minimum Gasteiger partial charge on any atom is -0.458 e. The van der Waals surface area contributed by atoms with Crippen molar-refractivity contribution in [3.63, 3.8) is 0 Å². The van der Waals surface area contributed by atoms with Gasteiger partial charge in [0.25, 0.3) is 0 Å². The van der Waals surface area contributed by atoms with Crippen molar-refractivity contribution in [2.75, 3.05) is 0 Å². The van der Waals surface area contributed by atoms with Crippen LogP contribution in [0.25, 0.3) is 0 Å². The van der Waals surface area contributed by atoms with Crippen LogP contribution in [0, 0.1) is 23.7 Å². The second kappa shape index (κ2) is 6.23. The third-order valence-corrected chi connectivity index (χ3v) is 5.60. The molecule has 1 unspecified atom stereocenters. The van der Waals surface area contributed by atoms with E-state index in [4.69, 9.17) is 9.47 Å². The van der Waals surface area contributed by atoms with Crippen molar-refractivity contribution in [1.82, 2.24) is 0 Å². The smallest absolute Gasteiger partial charge is 0.334 e. The highest BCUT2D eigenvalue weighted by Crippen LogP contribution is 2.52. The third-order valence-electron chi connectivity index (χ3n) is 5.60. The van der Waals surface area contributed by atoms with Gasteiger partial charge in [0.15, 0.2) is 0 Å². The van der Waals surface area contributed by atoms with Gasteiger partial charge in [0.2, 0.25) is 0 Å². The molecule has 0 spiro atoms. The second-order valence-electron chi connectivity index (χ2n) is 7.72. The van der Waals surface area contributed by atoms with E-state index in [-0.39, 0.29) is 47.8 Å². The lowest BCUT2D eigenvalue weighted by molar-refractivity contribution is -0.148. The maximum Gasteiger partial charge on any atom is 0.334 e. The van der Waals surface area contributed by atoms with Gasteiger partial charge in [-0.05, 0) is 36.7 Å². The molecule has 0 aromatic rings. The van der Waals surface area contributed by atoms with E-state index in [1.165, 1.54) is 0 Å². The first-order valence-corrected chi connectivity index (χ1v) is 8.75. The fraction of sp³-hybridized carbons (Fsp3) is 0.600. The first-order chi connectivity index (χ1) is 11.3. The summed E-state index contributed by atoms with van der Waals surface area (Å²) < 4.78 is 11.3. The summed E-state index contributed by atoms with van der Waals surface area (Å²) in [7, 11) is 0. The Morgan fingerprint density at radius 2 is 2.00 bits per heavy atom. The number of carbonyl (C=O) groups excluding carboxylic acids is 2. The van der Waals surface area contributed by atoms with Crippen LogP contribution in [0.2, 0.25) is 0 Å². The summed E-state index contributed by atoms with van der Waals surface area (Å²) in [4.78, 5) is 24.0. The summed E-state index contributed by atoms with van der Waals surface area (Å²) in [5.74, 6) is -0.0813. The van der Waals surface area contributed by atoms with E-state index in [1.807, 2.05) is 13.8 Å². The zero-order valence-corrected chi connectivity index (χ0v) is 14.5. The molecule has 2 aliphatic carbocycles. The van der Waals surface area contributed by atoms with Crippen LogP contribution >= 0.6 is 0 Å². The number of allylic oxidation sites excluding steroid dienone is 1. The van der Waals surface area contributed by atoms with Gasteiger partial charge < -0.3 is 9.47 Å². The van der Waals surface area contributed by atoms with Gasteiger partial charge in [0, 0.05) is 23.8 Å². The molecule has 0 aromatic carbocycles. The van der Waals surface area contributed by atoms with E-state index in [2.05, 4.69) is 19.7 Å². The monoisotopic (exact) mass is 330 g/mol. The Morgan fingerprint density at radius 1 is 1.29 bits per heavy atom. The Bertz CT molecular complexity index is 615. The van der Waals surface area contributed by atoms with Gasteiger partial charge in [-0.2, -0.15) is 0 Å². The number of rotatable bonds is 3. The van der Waals surface area contributed by atoms with Crippen molar-refractivity contribution in [3.8, 4) is 0 Å². The largest absolute Gasteiger partial charge is 0.458 e. The van der Waals surface area contributed by atoms with Crippen LogP contribution < -0.4 is 0 Å². The highest BCUT2D eigenvalue weighted by atomic mass is 16.6. The Balaban J connectivity index is 1.81. The van der Waals surface area contributed by atoms with Gasteiger partial charge in [-0.15, -0.1) is 0 Å². The van der Waals surface area contributed by atoms with Crippen LogP contribution in [0.15, 0.2) is 36.5 Å². The summed E-state index contributed by atoms with van der Waals surface area (Å²) in [5, 5.41) is 0. The molecule has 130 valence electrons. The summed E-state index contributed by atoms with van der Waals surface area (Å²) in [6.07, 6.45) is 2.23. The first kappa shape index (κ1) is 17.0. The molecule has 0 N–H and O–H groups in total. The minimum absolute atomic E-state index is 0.0196. The Hall–Kier alpha value is -1.84. The molecule has 1 saturated heterocycles. The standard InChI is InChI=1S/C20H26O4/c1-10(2)8-17(21)23-16-9-15-11(3)6-7-14-12(4)20(22)24-19(14)18(15)13(16)5/h10,14-16,18-19H,3-9H2,1-2H3/t14?,15-,16-,18-,19-/m0/s1. The lowest BCUT2D eigenvalue weighted by Gasteiger charge is -2.26. The topological polar surface area (TPSA) is 52.6 Å². The predicted molar refractivity (Wildman–Crippen MR) is 91.0 cm³/mol. The fourth-order valence-electron chi connectivity index (χ4n) is 4.35. The van der Waals surface area contributed by atoms with Crippen LogP contribution in [0.5, 0.6) is 0 Å². The van der Waals surface area contributed by atoms with Gasteiger partial charge in [-0.1, -0.05) is 39.2 Å². The van der Waals surface area contributed by atoms with Crippen molar-refractivity contribution < 1.29 is 19.1 Å². The van der Waals surface area contributed by atoms with E-state index in [0.717, 1.165) is 24.0 Å². The molecule has 3 fully saturated rings. The van der Waals surface area contributed by atoms with Gasteiger partial charge >= 0.3 is 11.9 Å². The van der Waals surface area contributed by atoms with Crippen molar-refractivity contribution >= 4 is 11.9 Å². The van der Waals surface area contributed by atoms with Crippen LogP contribution in [0.1, 0.15) is 39.5 Å². The molecule has 3 rings (SSSR count). The van der Waals surface area contributed by atoms with Gasteiger partial charge in [0.05, 0.1) is 0 Å². The van der Waals surface area contributed by atoms with Crippen LogP contribution in [-0.4, -0.2) is 24.1 Å². The van der Waals surface area contributed by atoms with E-state index < -0.39 is 0 Å². The Labute approximate surface area is 143 Å². The van der Waals surface area contributed by atoms with Crippen molar-refractivity contribution in [2.45, 2.75) is 51.7 Å². The van der Waals surface area contributed by atoms with E-state index in [9.17, 15) is 9.59 Å². The van der Waals surface area contributed by atoms with Crippen LogP contribution in [-0.2, 0) is 19.1 Å². The molecular formula is C20H26O4. The second-order valence-corrected chi connectivity index (χ2v) is 7.72. The quantitative estimate of drug-likeness (QED) is 0.451. The average Bonchev–Trinajstić information content (AvgIpc) is 2.89. The molecule has 0 aromatic heterocycles. The SMILES string of the molecule is C=C1C(=O)O[C@H]2C1CCC(=C)[C@@H]1C[C@H](OC(=O)CC(C)C)C(=C)[C@@H]12. The first-order valence-electron chi connectivity index (χ1n) is 8.75. The molecule has 4 nitrogen and oxygen atoms in total. The number of hydrogen-bond acceptors (Lipinski definition) is 4. The van der Waals surface area contributed by atoms with E-state index >= 15 is 0 Å². The fourth-order valence-corrected chi connectivity index (χ4v) is 4.35. The Morgan fingerprint density at radius 3 is 2.67 bits per heavy atom. The highest BCUT2D eigenvalue weighted by molar-refractivity contribution is 5.91. The number of ether oxygens (including phenoxy) is 2. The molecule has 4 heteroatoms. The lowest BCUT2D eigenvalue weighted by Crippen LogP contribution is -2.29. The summed E-state index contributed by atoms with van der Waals surface area (Å²) in [6.45, 7) is 16.3. The highest BCUT2D eigenvalue weighted by Gasteiger charge is 2.53. The van der Waals surface area contributed by atoms with Crippen LogP contribution in [0.3, 0.4) is 0 Å². The molecule has 0 bridgehead atoms. The molecule has 3 aliphatic rings. The van der Waals surface area contributed by atoms with E-state index in [0.29, 0.717) is 18.4 Å². The summed E-state index contributed by atoms with van der Waals surface area (Å²) in [6, 6.07) is 0. The van der Waals surface area contributed by atoms with Gasteiger partial charge in [-0.25, -0.2) is 4.79 Å². The number of esters is 2. The number of carbonyl (C=O) groups is 2. The molecule has 24 heavy (non-hydrogen) atoms. The maximum atomic E-state index is 12.1. The van der Waals surface area contributed by atoms with Gasteiger partial charge in [-0.3, -0.25) is 4.79 Å². The minimum atomic E-state index is -0.311. The predicted octanol–water partition coefficient (Wildman–Crippen LogP) is 3.58. The van der Waals surface area contributed by atoms with Crippen molar-refractivity contribution in [2.24, 2.45) is 23.7 Å². The summed E-state index contributed by atoms with van der Waals surface area (Å²) >= 11 is 0. The Kier molecular flexibility index (Phi) is 4.41. The van der Waals surface area contributed by atoms with Crippen molar-refractivity contribution in [3.05, 3.63) is 36.5 Å². The molecular weight excluding hydrogens is 304 g/mol. The molecule has 0 radical (unpaired) electrons. The lowest BCUT2D eigenvalue weighted by atomic mass is 9.82. The van der Waals surface area contributed by atoms with Crippen molar-refractivity contribution in [1.29, 1.82) is 0 Å². The molecule has 5 atom stereocenters. The molecule has 2 saturated carbocycles. The maximum absolute atomic E-state index is 12.1.